The number of benzene rings is 3. The summed E-state index contributed by atoms with van der Waals surface area (Å²) in [7, 11) is -3.24. The van der Waals surface area contributed by atoms with E-state index in [4.69, 9.17) is 10.1 Å². The van der Waals surface area contributed by atoms with Crippen LogP contribution in [0.1, 0.15) is 25.2 Å². The van der Waals surface area contributed by atoms with Crippen LogP contribution in [0, 0.1) is 6.92 Å². The molecule has 0 unspecified atom stereocenters. The highest BCUT2D eigenvalue weighted by Crippen LogP contribution is 2.30. The summed E-state index contributed by atoms with van der Waals surface area (Å²) in [6.07, 6.45) is 1.16. The quantitative estimate of drug-likeness (QED) is 0.251. The third-order valence-electron chi connectivity index (χ3n) is 7.26. The van der Waals surface area contributed by atoms with Crippen molar-refractivity contribution in [3.63, 3.8) is 0 Å². The fourth-order valence-corrected chi connectivity index (χ4v) is 5.54. The minimum atomic E-state index is -3.24. The Morgan fingerprint density at radius 3 is 2.02 bits per heavy atom. The number of anilines is 1. The van der Waals surface area contributed by atoms with Gasteiger partial charge in [-0.1, -0.05) is 60.7 Å². The van der Waals surface area contributed by atoms with Gasteiger partial charge in [-0.3, -0.25) is 0 Å². The molecule has 0 saturated carbocycles. The Balaban J connectivity index is 1.36. The second-order valence-electron chi connectivity index (χ2n) is 10.4. The van der Waals surface area contributed by atoms with Crippen LogP contribution in [0.3, 0.4) is 0 Å². The van der Waals surface area contributed by atoms with E-state index in [1.165, 1.54) is 0 Å². The van der Waals surface area contributed by atoms with Crippen LogP contribution in [-0.2, 0) is 10.0 Å². The van der Waals surface area contributed by atoms with Crippen molar-refractivity contribution in [1.82, 2.24) is 34.4 Å². The smallest absolute Gasteiger partial charge is 0.260 e. The molecule has 0 aliphatic carbocycles. The predicted molar refractivity (Wildman–Crippen MR) is 172 cm³/mol. The van der Waals surface area contributed by atoms with E-state index in [0.717, 1.165) is 40.9 Å². The van der Waals surface area contributed by atoms with Crippen LogP contribution in [0.5, 0.6) is 0 Å². The maximum atomic E-state index is 11.5. The molecule has 12 nitrogen and oxygen atoms in total. The Morgan fingerprint density at radius 2 is 1.45 bits per heavy atom. The van der Waals surface area contributed by atoms with Crippen molar-refractivity contribution in [2.45, 2.75) is 20.8 Å². The Morgan fingerprint density at radius 1 is 0.841 bits per heavy atom. The number of fused-ring (bicyclic) bond motifs is 1. The molecular weight excluding hydrogens is 576 g/mol. The van der Waals surface area contributed by atoms with Crippen molar-refractivity contribution < 1.29 is 8.42 Å². The van der Waals surface area contributed by atoms with Gasteiger partial charge in [-0.15, -0.1) is 20.4 Å². The number of aromatic nitrogens is 6. The molecule has 3 heterocycles. The van der Waals surface area contributed by atoms with E-state index in [1.807, 2.05) is 98.1 Å². The fourth-order valence-electron chi connectivity index (χ4n) is 5.08. The van der Waals surface area contributed by atoms with Gasteiger partial charge < -0.3 is 4.90 Å². The van der Waals surface area contributed by atoms with Crippen molar-refractivity contribution in [3.05, 3.63) is 90.3 Å². The van der Waals surface area contributed by atoms with Crippen LogP contribution in [0.25, 0.3) is 28.7 Å². The van der Waals surface area contributed by atoms with Gasteiger partial charge in [0.15, 0.2) is 11.6 Å². The maximum absolute atomic E-state index is 11.5. The number of likely N-dealkylation sites (N-methyl/N-ethyl adjacent to an activating group) is 1. The SMILES string of the molecule is CCN(CCNS(C)(=O)=O)c1ccc(N=C2C(C)=Nn3c2nnc3-n2c(-c3ccccc3)nnc2-c2ccccc2)c(C)c1. The van der Waals surface area contributed by atoms with Crippen molar-refractivity contribution in [2.24, 2.45) is 10.1 Å². The van der Waals surface area contributed by atoms with Gasteiger partial charge in [-0.05, 0) is 44.5 Å². The summed E-state index contributed by atoms with van der Waals surface area (Å²) >= 11 is 0. The lowest BCUT2D eigenvalue weighted by Gasteiger charge is -2.23. The Bertz CT molecular complexity index is 1920. The number of nitrogens with one attached hydrogen (secondary N) is 1. The largest absolute Gasteiger partial charge is 0.370 e. The average molecular weight is 609 g/mol. The molecule has 0 saturated heterocycles. The topological polar surface area (TPSA) is 136 Å². The lowest BCUT2D eigenvalue weighted by molar-refractivity contribution is 0.587. The standard InChI is InChI=1S/C31H32N10O2S/c1-5-39(19-18-32-44(4,42)43)25-16-17-26(21(2)20-25)33-27-22(3)38-41-30(27)36-37-31(41)40-28(23-12-8-6-9-13-23)34-35-29(40)24-14-10-7-11-15-24/h6-17,20,32H,5,18-19H2,1-4H3. The molecule has 0 fully saturated rings. The van der Waals surface area contributed by atoms with E-state index in [0.29, 0.717) is 47.9 Å². The molecule has 6 rings (SSSR count). The van der Waals surface area contributed by atoms with Crippen LogP contribution in [-0.4, -0.2) is 75.4 Å². The third kappa shape index (κ3) is 5.79. The van der Waals surface area contributed by atoms with Crippen molar-refractivity contribution in [1.29, 1.82) is 0 Å². The fraction of sp³-hybridized carbons (Fsp3) is 0.226. The highest BCUT2D eigenvalue weighted by Gasteiger charge is 2.30. The molecular formula is C31H32N10O2S. The monoisotopic (exact) mass is 608 g/mol. The minimum absolute atomic E-state index is 0.327. The van der Waals surface area contributed by atoms with Gasteiger partial charge in [0.05, 0.1) is 17.7 Å². The zero-order chi connectivity index (χ0) is 30.8. The van der Waals surface area contributed by atoms with Gasteiger partial charge in [0.25, 0.3) is 5.95 Å². The molecule has 0 spiro atoms. The number of hydrogen-bond acceptors (Lipinski definition) is 9. The van der Waals surface area contributed by atoms with E-state index < -0.39 is 10.0 Å². The van der Waals surface area contributed by atoms with Crippen LogP contribution in [0.15, 0.2) is 89.0 Å². The van der Waals surface area contributed by atoms with Gasteiger partial charge in [0.2, 0.25) is 15.8 Å². The predicted octanol–water partition coefficient (Wildman–Crippen LogP) is 4.24. The number of rotatable bonds is 10. The third-order valence-corrected chi connectivity index (χ3v) is 7.99. The van der Waals surface area contributed by atoms with Gasteiger partial charge in [0, 0.05) is 36.4 Å². The summed E-state index contributed by atoms with van der Waals surface area (Å²) in [5.41, 5.74) is 5.83. The normalized spacial score (nSPS) is 13.7. The lowest BCUT2D eigenvalue weighted by atomic mass is 10.1. The molecule has 13 heteroatoms. The second-order valence-corrected chi connectivity index (χ2v) is 12.2. The molecule has 5 aromatic rings. The number of nitrogens with zero attached hydrogens (tertiary/aromatic N) is 9. The molecule has 44 heavy (non-hydrogen) atoms. The van der Waals surface area contributed by atoms with E-state index >= 15 is 0 Å². The van der Waals surface area contributed by atoms with Gasteiger partial charge >= 0.3 is 0 Å². The number of aliphatic imine (C=N–C) groups is 1. The molecule has 2 aromatic heterocycles. The van der Waals surface area contributed by atoms with Crippen molar-refractivity contribution in [2.75, 3.05) is 30.8 Å². The van der Waals surface area contributed by atoms with Crippen LogP contribution in [0.4, 0.5) is 11.4 Å². The van der Waals surface area contributed by atoms with Crippen molar-refractivity contribution >= 4 is 32.8 Å². The molecule has 1 aliphatic heterocycles. The highest BCUT2D eigenvalue weighted by atomic mass is 32.2. The minimum Gasteiger partial charge on any atom is -0.370 e. The first-order valence-electron chi connectivity index (χ1n) is 14.2. The molecule has 0 bridgehead atoms. The first-order chi connectivity index (χ1) is 21.2. The summed E-state index contributed by atoms with van der Waals surface area (Å²) in [6, 6.07) is 25.6. The van der Waals surface area contributed by atoms with E-state index in [9.17, 15) is 8.42 Å². The first-order valence-corrected chi connectivity index (χ1v) is 16.1. The Hall–Kier alpha value is -5.01. The van der Waals surface area contributed by atoms with Crippen molar-refractivity contribution in [3.8, 4) is 28.7 Å². The zero-order valence-electron chi connectivity index (χ0n) is 24.9. The van der Waals surface area contributed by atoms with E-state index in [2.05, 4.69) is 36.1 Å². The Kier molecular flexibility index (Phi) is 7.89. The summed E-state index contributed by atoms with van der Waals surface area (Å²) in [4.78, 5) is 7.08. The van der Waals surface area contributed by atoms with Gasteiger partial charge in [0.1, 0.15) is 5.71 Å². The zero-order valence-corrected chi connectivity index (χ0v) is 25.7. The number of sulfonamides is 1. The van der Waals surface area contributed by atoms with Gasteiger partial charge in [-0.2, -0.15) is 9.78 Å². The number of hydrogen-bond donors (Lipinski definition) is 1. The first kappa shape index (κ1) is 29.1. The van der Waals surface area contributed by atoms with E-state index in [-0.39, 0.29) is 0 Å². The van der Waals surface area contributed by atoms with Gasteiger partial charge in [-0.25, -0.2) is 22.7 Å². The maximum Gasteiger partial charge on any atom is 0.260 e. The summed E-state index contributed by atoms with van der Waals surface area (Å²) in [6.45, 7) is 7.54. The molecule has 0 radical (unpaired) electrons. The molecule has 3 aromatic carbocycles. The second kappa shape index (κ2) is 11.9. The highest BCUT2D eigenvalue weighted by molar-refractivity contribution is 7.88. The average Bonchev–Trinajstić information content (AvgIpc) is 3.71. The number of aryl methyl sites for hydroxylation is 1. The molecule has 224 valence electrons. The molecule has 1 aliphatic rings. The summed E-state index contributed by atoms with van der Waals surface area (Å²) < 4.78 is 29.1. The summed E-state index contributed by atoms with van der Waals surface area (Å²) in [5, 5.41) is 22.9. The molecule has 0 atom stereocenters. The van der Waals surface area contributed by atoms with Crippen LogP contribution >= 0.6 is 0 Å². The van der Waals surface area contributed by atoms with Crippen LogP contribution < -0.4 is 9.62 Å². The van der Waals surface area contributed by atoms with E-state index in [1.54, 1.807) is 4.68 Å². The summed E-state index contributed by atoms with van der Waals surface area (Å²) in [5.74, 6) is 2.23. The van der Waals surface area contributed by atoms with Crippen LogP contribution in [0.2, 0.25) is 0 Å². The lowest BCUT2D eigenvalue weighted by Crippen LogP contribution is -2.34. The molecule has 0 amide bonds. The Labute approximate surface area is 255 Å². The molecule has 1 N–H and O–H groups in total.